The van der Waals surface area contributed by atoms with Crippen LogP contribution < -0.4 is 10.1 Å². The Hall–Kier alpha value is -3.02. The van der Waals surface area contributed by atoms with Crippen molar-refractivity contribution in [2.24, 2.45) is 0 Å². The van der Waals surface area contributed by atoms with Gasteiger partial charge in [-0.05, 0) is 43.3 Å². The highest BCUT2D eigenvalue weighted by Gasteiger charge is 2.32. The van der Waals surface area contributed by atoms with Gasteiger partial charge < -0.3 is 14.5 Å². The summed E-state index contributed by atoms with van der Waals surface area (Å²) < 4.78 is 10.9. The second kappa shape index (κ2) is 6.47. The first-order valence-electron chi connectivity index (χ1n) is 8.38. The number of aromatic amines is 1. The summed E-state index contributed by atoms with van der Waals surface area (Å²) in [5.41, 5.74) is 2.36. The van der Waals surface area contributed by atoms with Crippen molar-refractivity contribution < 1.29 is 13.9 Å². The minimum absolute atomic E-state index is 0.0637. The minimum atomic E-state index is 0.0637. The molecule has 2 heterocycles. The van der Waals surface area contributed by atoms with Gasteiger partial charge in [-0.2, -0.15) is 5.10 Å². The fourth-order valence-electron chi connectivity index (χ4n) is 3.22. The van der Waals surface area contributed by atoms with Crippen molar-refractivity contribution in [3.8, 4) is 5.75 Å². The third-order valence-electron chi connectivity index (χ3n) is 4.38. The summed E-state index contributed by atoms with van der Waals surface area (Å²) in [6, 6.07) is 11.4. The van der Waals surface area contributed by atoms with Crippen molar-refractivity contribution in [1.29, 1.82) is 0 Å². The average molecular weight is 337 g/mol. The Balaban J connectivity index is 1.55. The predicted molar refractivity (Wildman–Crippen MR) is 93.6 cm³/mol. The third-order valence-corrected chi connectivity index (χ3v) is 4.38. The zero-order chi connectivity index (χ0) is 17.2. The molecule has 0 fully saturated rings. The minimum Gasteiger partial charge on any atom is -0.494 e. The molecule has 2 aromatic heterocycles. The Kier molecular flexibility index (Phi) is 4.01. The molecule has 1 unspecified atom stereocenters. The number of rotatable bonds is 5. The van der Waals surface area contributed by atoms with E-state index < -0.39 is 0 Å². The van der Waals surface area contributed by atoms with Gasteiger partial charge in [0.25, 0.3) is 0 Å². The van der Waals surface area contributed by atoms with Gasteiger partial charge in [0.05, 0.1) is 18.4 Å². The Morgan fingerprint density at radius 3 is 2.84 bits per heavy atom. The number of carbonyl (C=O) groups is 1. The Morgan fingerprint density at radius 1 is 1.28 bits per heavy atom. The van der Waals surface area contributed by atoms with Crippen LogP contribution in [0.4, 0.5) is 11.5 Å². The lowest BCUT2D eigenvalue weighted by atomic mass is 9.85. The van der Waals surface area contributed by atoms with Crippen LogP contribution in [0.2, 0.25) is 0 Å². The fourth-order valence-corrected chi connectivity index (χ4v) is 3.22. The molecule has 0 aliphatic heterocycles. The summed E-state index contributed by atoms with van der Waals surface area (Å²) in [6.07, 6.45) is 2.78. The number of Topliss-reactive ketones (excluding diaryl/α,β-unsaturated/α-hetero) is 1. The zero-order valence-electron chi connectivity index (χ0n) is 13.9. The highest BCUT2D eigenvalue weighted by Crippen LogP contribution is 2.35. The lowest BCUT2D eigenvalue weighted by molar-refractivity contribution is 0.0961. The molecule has 1 atom stereocenters. The van der Waals surface area contributed by atoms with Crippen LogP contribution in [-0.2, 0) is 6.42 Å². The molecule has 0 saturated heterocycles. The first-order chi connectivity index (χ1) is 12.2. The highest BCUT2D eigenvalue weighted by atomic mass is 16.5. The fraction of sp³-hybridized carbons (Fsp3) is 0.263. The monoisotopic (exact) mass is 337 g/mol. The quantitative estimate of drug-likeness (QED) is 0.734. The van der Waals surface area contributed by atoms with E-state index in [1.807, 2.05) is 43.3 Å². The molecule has 1 aliphatic carbocycles. The molecule has 0 amide bonds. The molecule has 1 aliphatic rings. The molecule has 0 spiro atoms. The van der Waals surface area contributed by atoms with Gasteiger partial charge >= 0.3 is 0 Å². The number of hydrogen-bond donors (Lipinski definition) is 2. The predicted octanol–water partition coefficient (Wildman–Crippen LogP) is 4.06. The first kappa shape index (κ1) is 15.5. The zero-order valence-corrected chi connectivity index (χ0v) is 13.9. The van der Waals surface area contributed by atoms with Crippen LogP contribution in [0.1, 0.15) is 41.1 Å². The molecule has 3 aromatic rings. The van der Waals surface area contributed by atoms with Crippen molar-refractivity contribution in [1.82, 2.24) is 10.2 Å². The number of carbonyl (C=O) groups excluding carboxylic acids is 1. The SMILES string of the molecule is CCOc1ccc(Nc2n[nH]c3c2C(=O)CC(c2ccco2)C3)cc1. The average Bonchev–Trinajstić information content (AvgIpc) is 3.27. The number of anilines is 2. The van der Waals surface area contributed by atoms with E-state index in [1.165, 1.54) is 0 Å². The van der Waals surface area contributed by atoms with Crippen LogP contribution in [0.3, 0.4) is 0 Å². The van der Waals surface area contributed by atoms with Crippen LogP contribution in [0.25, 0.3) is 0 Å². The molecule has 0 saturated carbocycles. The maximum absolute atomic E-state index is 12.6. The van der Waals surface area contributed by atoms with Gasteiger partial charge in [-0.15, -0.1) is 0 Å². The van der Waals surface area contributed by atoms with E-state index in [1.54, 1.807) is 6.26 Å². The topological polar surface area (TPSA) is 80.1 Å². The van der Waals surface area contributed by atoms with Gasteiger partial charge in [0, 0.05) is 30.1 Å². The Labute approximate surface area is 145 Å². The van der Waals surface area contributed by atoms with Gasteiger partial charge in [-0.3, -0.25) is 9.89 Å². The number of H-pyrrole nitrogens is 1. The van der Waals surface area contributed by atoms with Crippen LogP contribution in [0.15, 0.2) is 47.1 Å². The lowest BCUT2D eigenvalue weighted by Gasteiger charge is -2.19. The number of aromatic nitrogens is 2. The summed E-state index contributed by atoms with van der Waals surface area (Å²) in [5.74, 6) is 2.37. The number of hydrogen-bond acceptors (Lipinski definition) is 5. The highest BCUT2D eigenvalue weighted by molar-refractivity contribution is 6.03. The maximum atomic E-state index is 12.6. The van der Waals surface area contributed by atoms with Crippen LogP contribution in [0.5, 0.6) is 5.75 Å². The van der Waals surface area contributed by atoms with Crippen LogP contribution in [-0.4, -0.2) is 22.6 Å². The number of benzene rings is 1. The van der Waals surface area contributed by atoms with E-state index >= 15 is 0 Å². The largest absolute Gasteiger partial charge is 0.494 e. The van der Waals surface area contributed by atoms with Gasteiger partial charge in [0.1, 0.15) is 11.5 Å². The molecule has 2 N–H and O–H groups in total. The van der Waals surface area contributed by atoms with Crippen LogP contribution >= 0.6 is 0 Å². The molecule has 4 rings (SSSR count). The second-order valence-corrected chi connectivity index (χ2v) is 6.05. The summed E-state index contributed by atoms with van der Waals surface area (Å²) in [7, 11) is 0. The van der Waals surface area contributed by atoms with Gasteiger partial charge in [-0.1, -0.05) is 0 Å². The molecule has 6 heteroatoms. The summed E-state index contributed by atoms with van der Waals surface area (Å²) >= 11 is 0. The molecule has 1 aromatic carbocycles. The molecular formula is C19H19N3O3. The van der Waals surface area contributed by atoms with Gasteiger partial charge in [0.2, 0.25) is 0 Å². The number of fused-ring (bicyclic) bond motifs is 1. The van der Waals surface area contributed by atoms with E-state index in [0.29, 0.717) is 30.8 Å². The number of ether oxygens (including phenoxy) is 1. The summed E-state index contributed by atoms with van der Waals surface area (Å²) in [6.45, 7) is 2.58. The third kappa shape index (κ3) is 3.03. The van der Waals surface area contributed by atoms with Crippen molar-refractivity contribution >= 4 is 17.3 Å². The van der Waals surface area contributed by atoms with E-state index in [-0.39, 0.29) is 11.7 Å². The van der Waals surface area contributed by atoms with Crippen LogP contribution in [0, 0.1) is 0 Å². The van der Waals surface area contributed by atoms with E-state index in [0.717, 1.165) is 22.9 Å². The molecule has 128 valence electrons. The summed E-state index contributed by atoms with van der Waals surface area (Å²) in [4.78, 5) is 12.6. The maximum Gasteiger partial charge on any atom is 0.169 e. The molecule has 0 bridgehead atoms. The summed E-state index contributed by atoms with van der Waals surface area (Å²) in [5, 5.41) is 10.5. The molecule has 25 heavy (non-hydrogen) atoms. The number of nitrogens with zero attached hydrogens (tertiary/aromatic N) is 1. The van der Waals surface area contributed by atoms with E-state index in [4.69, 9.17) is 9.15 Å². The standard InChI is InChI=1S/C19H19N3O3/c1-2-24-14-7-5-13(6-8-14)20-19-18-15(21-22-19)10-12(11-16(18)23)17-4-3-9-25-17/h3-9,12H,2,10-11H2,1H3,(H2,20,21,22). The Morgan fingerprint density at radius 2 is 2.12 bits per heavy atom. The Bertz CT molecular complexity index is 866. The normalized spacial score (nSPS) is 16.5. The van der Waals surface area contributed by atoms with Crippen molar-refractivity contribution in [3.05, 3.63) is 59.7 Å². The molecular weight excluding hydrogens is 318 g/mol. The smallest absolute Gasteiger partial charge is 0.169 e. The van der Waals surface area contributed by atoms with Gasteiger partial charge in [0.15, 0.2) is 11.6 Å². The number of nitrogens with one attached hydrogen (secondary N) is 2. The van der Waals surface area contributed by atoms with Crippen molar-refractivity contribution in [3.63, 3.8) is 0 Å². The van der Waals surface area contributed by atoms with Crippen molar-refractivity contribution in [2.45, 2.75) is 25.7 Å². The first-order valence-corrected chi connectivity index (χ1v) is 8.38. The second-order valence-electron chi connectivity index (χ2n) is 6.05. The lowest BCUT2D eigenvalue weighted by Crippen LogP contribution is -2.18. The number of ketones is 1. The van der Waals surface area contributed by atoms with Crippen molar-refractivity contribution in [2.75, 3.05) is 11.9 Å². The van der Waals surface area contributed by atoms with Gasteiger partial charge in [-0.25, -0.2) is 0 Å². The molecule has 6 nitrogen and oxygen atoms in total. The number of furan rings is 1. The van der Waals surface area contributed by atoms with E-state index in [2.05, 4.69) is 15.5 Å². The molecule has 0 radical (unpaired) electrons. The van der Waals surface area contributed by atoms with E-state index in [9.17, 15) is 4.79 Å².